The van der Waals surface area contributed by atoms with Gasteiger partial charge in [-0.2, -0.15) is 0 Å². The second-order valence-corrected chi connectivity index (χ2v) is 6.07. The molecule has 0 aromatic heterocycles. The number of hydrogen-bond acceptors (Lipinski definition) is 2. The van der Waals surface area contributed by atoms with E-state index in [2.05, 4.69) is 48.3 Å². The Morgan fingerprint density at radius 3 is 2.82 bits per heavy atom. The third kappa shape index (κ3) is 4.73. The van der Waals surface area contributed by atoms with E-state index in [9.17, 15) is 0 Å². The molecule has 1 aromatic carbocycles. The number of nitrogens with one attached hydrogen (secondary N) is 1. The van der Waals surface area contributed by atoms with E-state index in [1.165, 1.54) is 24.0 Å². The molecule has 1 N–H and O–H groups in total. The number of benzene rings is 1. The van der Waals surface area contributed by atoms with Crippen LogP contribution in [0.5, 0.6) is 0 Å². The average Bonchev–Trinajstić information content (AvgIpc) is 2.53. The van der Waals surface area contributed by atoms with E-state index in [0.29, 0.717) is 13.2 Å². The van der Waals surface area contributed by atoms with Crippen LogP contribution in [0.25, 0.3) is 0 Å². The minimum absolute atomic E-state index is 0.642. The second kappa shape index (κ2) is 8.79. The van der Waals surface area contributed by atoms with Crippen LogP contribution >= 0.6 is 0 Å². The second-order valence-electron chi connectivity index (χ2n) is 6.07. The monoisotopic (exact) mass is 303 g/mol. The van der Waals surface area contributed by atoms with Gasteiger partial charge in [0.05, 0.1) is 13.2 Å². The number of likely N-dealkylation sites (tertiary alicyclic amines) is 1. The van der Waals surface area contributed by atoms with Gasteiger partial charge in [0.15, 0.2) is 5.96 Å². The molecule has 22 heavy (non-hydrogen) atoms. The molecule has 0 bridgehead atoms. The molecule has 2 rings (SSSR count). The lowest BCUT2D eigenvalue weighted by molar-refractivity contribution is 0.184. The first-order valence-corrected chi connectivity index (χ1v) is 8.33. The molecule has 1 fully saturated rings. The first-order valence-electron chi connectivity index (χ1n) is 8.33. The Morgan fingerprint density at radius 2 is 2.14 bits per heavy atom. The minimum Gasteiger partial charge on any atom is -0.380 e. The predicted molar refractivity (Wildman–Crippen MR) is 91.9 cm³/mol. The van der Waals surface area contributed by atoms with Crippen molar-refractivity contribution in [2.45, 2.75) is 39.8 Å². The number of hydrogen-bond donors (Lipinski definition) is 1. The number of rotatable bonds is 5. The van der Waals surface area contributed by atoms with Crippen molar-refractivity contribution in [1.29, 1.82) is 0 Å². The highest BCUT2D eigenvalue weighted by molar-refractivity contribution is 5.80. The highest BCUT2D eigenvalue weighted by Crippen LogP contribution is 2.16. The van der Waals surface area contributed by atoms with Crippen molar-refractivity contribution in [1.82, 2.24) is 10.2 Å². The van der Waals surface area contributed by atoms with Crippen LogP contribution in [0.1, 0.15) is 37.8 Å². The predicted octanol–water partition coefficient (Wildman–Crippen LogP) is 3.03. The van der Waals surface area contributed by atoms with Crippen LogP contribution in [0.3, 0.4) is 0 Å². The van der Waals surface area contributed by atoms with Crippen LogP contribution in [-0.4, -0.2) is 37.6 Å². The molecule has 4 nitrogen and oxygen atoms in total. The Bertz CT molecular complexity index is 487. The highest BCUT2D eigenvalue weighted by atomic mass is 16.5. The van der Waals surface area contributed by atoms with Crippen molar-refractivity contribution in [3.05, 3.63) is 35.4 Å². The largest absolute Gasteiger partial charge is 0.380 e. The summed E-state index contributed by atoms with van der Waals surface area (Å²) in [5.41, 5.74) is 2.46. The zero-order valence-electron chi connectivity index (χ0n) is 14.1. The van der Waals surface area contributed by atoms with E-state index in [1.807, 2.05) is 0 Å². The van der Waals surface area contributed by atoms with E-state index in [-0.39, 0.29) is 0 Å². The summed E-state index contributed by atoms with van der Waals surface area (Å²) in [5.74, 6) is 1.79. The molecule has 1 unspecified atom stereocenters. The fourth-order valence-corrected chi connectivity index (χ4v) is 2.98. The van der Waals surface area contributed by atoms with Crippen LogP contribution in [-0.2, 0) is 17.9 Å². The van der Waals surface area contributed by atoms with Gasteiger partial charge in [0.2, 0.25) is 0 Å². The molecule has 1 aliphatic heterocycles. The van der Waals surface area contributed by atoms with E-state index in [1.54, 1.807) is 7.11 Å². The first-order chi connectivity index (χ1) is 10.7. The molecule has 4 heteroatoms. The lowest BCUT2D eigenvalue weighted by Gasteiger charge is -2.33. The molecule has 1 aromatic rings. The molecule has 1 saturated heterocycles. The van der Waals surface area contributed by atoms with E-state index >= 15 is 0 Å². The van der Waals surface area contributed by atoms with Crippen molar-refractivity contribution in [2.75, 3.05) is 26.7 Å². The molecular formula is C18H29N3O. The van der Waals surface area contributed by atoms with Crippen LogP contribution in [0.4, 0.5) is 0 Å². The van der Waals surface area contributed by atoms with Crippen LogP contribution < -0.4 is 5.32 Å². The quantitative estimate of drug-likeness (QED) is 0.671. The molecule has 1 heterocycles. The molecule has 0 amide bonds. The van der Waals surface area contributed by atoms with Crippen LogP contribution in [0.2, 0.25) is 0 Å². The maximum absolute atomic E-state index is 5.28. The molecule has 0 aliphatic carbocycles. The fourth-order valence-electron chi connectivity index (χ4n) is 2.98. The Morgan fingerprint density at radius 1 is 1.36 bits per heavy atom. The van der Waals surface area contributed by atoms with Gasteiger partial charge in [0.25, 0.3) is 0 Å². The average molecular weight is 303 g/mol. The smallest absolute Gasteiger partial charge is 0.194 e. The fraction of sp³-hybridized carbons (Fsp3) is 0.611. The van der Waals surface area contributed by atoms with Gasteiger partial charge in [-0.1, -0.05) is 31.2 Å². The van der Waals surface area contributed by atoms with Gasteiger partial charge in [-0.3, -0.25) is 0 Å². The van der Waals surface area contributed by atoms with Crippen molar-refractivity contribution in [2.24, 2.45) is 10.9 Å². The summed E-state index contributed by atoms with van der Waals surface area (Å²) in [7, 11) is 1.74. The maximum Gasteiger partial charge on any atom is 0.194 e. The Labute approximate surface area is 134 Å². The summed E-state index contributed by atoms with van der Waals surface area (Å²) < 4.78 is 5.28. The summed E-state index contributed by atoms with van der Waals surface area (Å²) in [4.78, 5) is 7.26. The molecule has 0 radical (unpaired) electrons. The normalized spacial score (nSPS) is 19.3. The third-order valence-corrected chi connectivity index (χ3v) is 4.11. The number of ether oxygens (including phenoxy) is 1. The Balaban J connectivity index is 2.09. The summed E-state index contributed by atoms with van der Waals surface area (Å²) in [6.45, 7) is 8.91. The molecule has 122 valence electrons. The van der Waals surface area contributed by atoms with Crippen LogP contribution in [0.15, 0.2) is 29.3 Å². The van der Waals surface area contributed by atoms with Gasteiger partial charge in [-0.25, -0.2) is 4.99 Å². The van der Waals surface area contributed by atoms with Crippen molar-refractivity contribution >= 4 is 5.96 Å². The zero-order valence-corrected chi connectivity index (χ0v) is 14.1. The number of methoxy groups -OCH3 is 1. The summed E-state index contributed by atoms with van der Waals surface area (Å²) in [6.07, 6.45) is 2.58. The Hall–Kier alpha value is -1.55. The summed E-state index contributed by atoms with van der Waals surface area (Å²) in [6, 6.07) is 8.38. The molecule has 0 saturated carbocycles. The number of nitrogens with zero attached hydrogens (tertiary/aromatic N) is 2. The van der Waals surface area contributed by atoms with Gasteiger partial charge in [0.1, 0.15) is 0 Å². The molecule has 1 atom stereocenters. The molecular weight excluding hydrogens is 274 g/mol. The maximum atomic E-state index is 5.28. The van der Waals surface area contributed by atoms with Gasteiger partial charge >= 0.3 is 0 Å². The third-order valence-electron chi connectivity index (χ3n) is 4.11. The SMILES string of the molecule is CCNC(=NCc1ccccc1COC)N1CCCC(C)C1. The first kappa shape index (κ1) is 16.8. The van der Waals surface area contributed by atoms with Crippen LogP contribution in [0, 0.1) is 5.92 Å². The van der Waals surface area contributed by atoms with Gasteiger partial charge in [-0.05, 0) is 36.8 Å². The van der Waals surface area contributed by atoms with Gasteiger partial charge in [0, 0.05) is 26.7 Å². The lowest BCUT2D eigenvalue weighted by Crippen LogP contribution is -2.46. The van der Waals surface area contributed by atoms with E-state index in [4.69, 9.17) is 9.73 Å². The molecule has 1 aliphatic rings. The molecule has 0 spiro atoms. The summed E-state index contributed by atoms with van der Waals surface area (Å²) in [5, 5.41) is 3.44. The van der Waals surface area contributed by atoms with Gasteiger partial charge < -0.3 is 15.0 Å². The van der Waals surface area contributed by atoms with Crippen molar-refractivity contribution in [3.63, 3.8) is 0 Å². The highest BCUT2D eigenvalue weighted by Gasteiger charge is 2.19. The number of piperidine rings is 1. The zero-order chi connectivity index (χ0) is 15.8. The van der Waals surface area contributed by atoms with Gasteiger partial charge in [-0.15, -0.1) is 0 Å². The topological polar surface area (TPSA) is 36.9 Å². The standard InChI is InChI=1S/C18H29N3O/c1-4-19-18(21-11-7-8-15(2)13-21)20-12-16-9-5-6-10-17(16)14-22-3/h5-6,9-10,15H,4,7-8,11-14H2,1-3H3,(H,19,20). The van der Waals surface area contributed by atoms with E-state index in [0.717, 1.165) is 31.5 Å². The number of guanidine groups is 1. The van der Waals surface area contributed by atoms with Crippen molar-refractivity contribution in [3.8, 4) is 0 Å². The summed E-state index contributed by atoms with van der Waals surface area (Å²) >= 11 is 0. The van der Waals surface area contributed by atoms with Crippen molar-refractivity contribution < 1.29 is 4.74 Å². The minimum atomic E-state index is 0.642. The Kier molecular flexibility index (Phi) is 6.72. The lowest BCUT2D eigenvalue weighted by atomic mass is 10.0. The van der Waals surface area contributed by atoms with E-state index < -0.39 is 0 Å². The number of aliphatic imine (C=N–C) groups is 1.